The van der Waals surface area contributed by atoms with Crippen LogP contribution in [-0.2, 0) is 9.31 Å². The van der Waals surface area contributed by atoms with Gasteiger partial charge in [-0.15, -0.1) is 0 Å². The van der Waals surface area contributed by atoms with Crippen LogP contribution in [0.25, 0.3) is 5.82 Å². The molecule has 1 saturated heterocycles. The lowest BCUT2D eigenvalue weighted by Crippen LogP contribution is -2.41. The lowest BCUT2D eigenvalue weighted by atomic mass is 9.85. The summed E-state index contributed by atoms with van der Waals surface area (Å²) >= 11 is 0. The Balaban J connectivity index is 1.86. The summed E-state index contributed by atoms with van der Waals surface area (Å²) in [5.74, 6) is 0.711. The van der Waals surface area contributed by atoms with Crippen molar-refractivity contribution >= 4 is 12.7 Å². The van der Waals surface area contributed by atoms with Gasteiger partial charge in [0.15, 0.2) is 5.82 Å². The Morgan fingerprint density at radius 3 is 2.40 bits per heavy atom. The minimum Gasteiger partial charge on any atom is -0.398 e. The average molecular weight is 272 g/mol. The van der Waals surface area contributed by atoms with Crippen LogP contribution in [0.5, 0.6) is 0 Å². The summed E-state index contributed by atoms with van der Waals surface area (Å²) in [6.07, 6.45) is 5.01. The summed E-state index contributed by atoms with van der Waals surface area (Å²) in [4.78, 5) is 8.05. The summed E-state index contributed by atoms with van der Waals surface area (Å²) in [5, 5.41) is 4.47. The lowest BCUT2D eigenvalue weighted by molar-refractivity contribution is 0.00578. The molecular weight excluding hydrogens is 255 g/mol. The van der Waals surface area contributed by atoms with Crippen molar-refractivity contribution in [3.05, 3.63) is 30.9 Å². The molecule has 7 heteroatoms. The fourth-order valence-corrected chi connectivity index (χ4v) is 1.97. The SMILES string of the molecule is CC1(C)OB(c2ccn(-c3ccncn3)n2)OC1(C)C. The van der Waals surface area contributed by atoms with E-state index in [1.807, 2.05) is 40.0 Å². The Morgan fingerprint density at radius 1 is 1.10 bits per heavy atom. The highest BCUT2D eigenvalue weighted by Crippen LogP contribution is 2.36. The third kappa shape index (κ3) is 2.12. The van der Waals surface area contributed by atoms with Gasteiger partial charge in [0, 0.05) is 18.5 Å². The van der Waals surface area contributed by atoms with Gasteiger partial charge in [0.1, 0.15) is 6.33 Å². The van der Waals surface area contributed by atoms with Crippen LogP contribution in [0.15, 0.2) is 30.9 Å². The molecular formula is C13H17BN4O2. The van der Waals surface area contributed by atoms with Gasteiger partial charge in [-0.05, 0) is 33.8 Å². The molecule has 0 amide bonds. The predicted octanol–water partition coefficient (Wildman–Crippen LogP) is 0.961. The minimum atomic E-state index is -0.455. The van der Waals surface area contributed by atoms with Crippen molar-refractivity contribution in [1.29, 1.82) is 0 Å². The van der Waals surface area contributed by atoms with E-state index >= 15 is 0 Å². The molecule has 1 fully saturated rings. The van der Waals surface area contributed by atoms with E-state index in [9.17, 15) is 0 Å². The molecule has 3 heterocycles. The van der Waals surface area contributed by atoms with Crippen LogP contribution in [0.2, 0.25) is 0 Å². The number of hydrogen-bond donors (Lipinski definition) is 0. The van der Waals surface area contributed by atoms with Gasteiger partial charge >= 0.3 is 7.12 Å². The smallest absolute Gasteiger partial charge is 0.398 e. The fraction of sp³-hybridized carbons (Fsp3) is 0.462. The minimum absolute atomic E-state index is 0.365. The van der Waals surface area contributed by atoms with Crippen LogP contribution >= 0.6 is 0 Å². The maximum absolute atomic E-state index is 5.97. The zero-order valence-corrected chi connectivity index (χ0v) is 12.1. The van der Waals surface area contributed by atoms with Crippen molar-refractivity contribution in [3.63, 3.8) is 0 Å². The van der Waals surface area contributed by atoms with Crippen molar-refractivity contribution in [1.82, 2.24) is 19.7 Å². The quantitative estimate of drug-likeness (QED) is 0.762. The highest BCUT2D eigenvalue weighted by molar-refractivity contribution is 6.61. The van der Waals surface area contributed by atoms with E-state index in [1.165, 1.54) is 6.33 Å². The van der Waals surface area contributed by atoms with Crippen molar-refractivity contribution in [3.8, 4) is 5.82 Å². The molecule has 0 saturated carbocycles. The predicted molar refractivity (Wildman–Crippen MR) is 74.9 cm³/mol. The Kier molecular flexibility index (Phi) is 2.91. The summed E-state index contributed by atoms with van der Waals surface area (Å²) in [7, 11) is -0.455. The Bertz CT molecular complexity index is 596. The van der Waals surface area contributed by atoms with E-state index in [-0.39, 0.29) is 11.2 Å². The van der Waals surface area contributed by atoms with E-state index in [2.05, 4.69) is 15.1 Å². The zero-order chi connectivity index (χ0) is 14.4. The molecule has 6 nitrogen and oxygen atoms in total. The van der Waals surface area contributed by atoms with Crippen molar-refractivity contribution in [2.24, 2.45) is 0 Å². The first kappa shape index (κ1) is 13.3. The van der Waals surface area contributed by atoms with Crippen LogP contribution < -0.4 is 5.59 Å². The van der Waals surface area contributed by atoms with Crippen LogP contribution in [-0.4, -0.2) is 38.1 Å². The highest BCUT2D eigenvalue weighted by Gasteiger charge is 2.52. The number of aromatic nitrogens is 4. The Morgan fingerprint density at radius 2 is 1.80 bits per heavy atom. The van der Waals surface area contributed by atoms with Gasteiger partial charge in [0.2, 0.25) is 0 Å². The summed E-state index contributed by atoms with van der Waals surface area (Å²) in [6, 6.07) is 3.67. The van der Waals surface area contributed by atoms with Crippen LogP contribution in [0.4, 0.5) is 0 Å². The van der Waals surface area contributed by atoms with Gasteiger partial charge in [-0.25, -0.2) is 14.6 Å². The zero-order valence-electron chi connectivity index (χ0n) is 12.1. The fourth-order valence-electron chi connectivity index (χ4n) is 1.97. The molecule has 2 aromatic rings. The first-order valence-electron chi connectivity index (χ1n) is 6.57. The van der Waals surface area contributed by atoms with Crippen molar-refractivity contribution < 1.29 is 9.31 Å². The van der Waals surface area contributed by atoms with Gasteiger partial charge < -0.3 is 9.31 Å². The Labute approximate surface area is 118 Å². The lowest BCUT2D eigenvalue weighted by Gasteiger charge is -2.32. The molecule has 104 valence electrons. The topological polar surface area (TPSA) is 62.1 Å². The molecule has 1 aliphatic rings. The maximum Gasteiger partial charge on any atom is 0.516 e. The third-order valence-corrected chi connectivity index (χ3v) is 3.91. The second kappa shape index (κ2) is 4.39. The molecule has 0 unspecified atom stereocenters. The monoisotopic (exact) mass is 272 g/mol. The first-order chi connectivity index (χ1) is 9.39. The van der Waals surface area contributed by atoms with Crippen molar-refractivity contribution in [2.75, 3.05) is 0 Å². The molecule has 20 heavy (non-hydrogen) atoms. The maximum atomic E-state index is 5.97. The summed E-state index contributed by atoms with van der Waals surface area (Å²) in [5.41, 5.74) is 0.00877. The molecule has 0 atom stereocenters. The van der Waals surface area contributed by atoms with E-state index < -0.39 is 7.12 Å². The normalized spacial score (nSPS) is 20.3. The van der Waals surface area contributed by atoms with Gasteiger partial charge in [-0.2, -0.15) is 5.10 Å². The van der Waals surface area contributed by atoms with E-state index in [0.717, 1.165) is 5.59 Å². The van der Waals surface area contributed by atoms with Crippen LogP contribution in [0, 0.1) is 0 Å². The number of nitrogens with zero attached hydrogens (tertiary/aromatic N) is 4. The molecule has 0 N–H and O–H groups in total. The largest absolute Gasteiger partial charge is 0.516 e. The van der Waals surface area contributed by atoms with Gasteiger partial charge in [-0.3, -0.25) is 0 Å². The van der Waals surface area contributed by atoms with E-state index in [4.69, 9.17) is 9.31 Å². The molecule has 3 rings (SSSR count). The third-order valence-electron chi connectivity index (χ3n) is 3.91. The molecule has 0 spiro atoms. The average Bonchev–Trinajstić information content (AvgIpc) is 2.94. The van der Waals surface area contributed by atoms with E-state index in [1.54, 1.807) is 16.9 Å². The Hall–Kier alpha value is -1.73. The standard InChI is InChI=1S/C13H17BN4O2/c1-12(2)13(3,4)20-14(19-12)10-6-8-18(17-10)11-5-7-15-9-16-11/h5-9H,1-4H3. The molecule has 0 aromatic carbocycles. The van der Waals surface area contributed by atoms with E-state index in [0.29, 0.717) is 5.82 Å². The van der Waals surface area contributed by atoms with Crippen LogP contribution in [0.3, 0.4) is 0 Å². The molecule has 0 bridgehead atoms. The highest BCUT2D eigenvalue weighted by atomic mass is 16.7. The second-order valence-electron chi connectivity index (χ2n) is 5.84. The first-order valence-corrected chi connectivity index (χ1v) is 6.57. The number of rotatable bonds is 2. The van der Waals surface area contributed by atoms with Gasteiger partial charge in [0.05, 0.1) is 16.8 Å². The second-order valence-corrected chi connectivity index (χ2v) is 5.84. The van der Waals surface area contributed by atoms with Crippen molar-refractivity contribution in [2.45, 2.75) is 38.9 Å². The van der Waals surface area contributed by atoms with Crippen LogP contribution in [0.1, 0.15) is 27.7 Å². The molecule has 0 radical (unpaired) electrons. The number of hydrogen-bond acceptors (Lipinski definition) is 5. The van der Waals surface area contributed by atoms with Gasteiger partial charge in [0.25, 0.3) is 0 Å². The summed E-state index contributed by atoms with van der Waals surface area (Å²) in [6.45, 7) is 8.09. The molecule has 1 aliphatic heterocycles. The molecule has 0 aliphatic carbocycles. The van der Waals surface area contributed by atoms with Gasteiger partial charge in [-0.1, -0.05) is 0 Å². The summed E-state index contributed by atoms with van der Waals surface area (Å²) < 4.78 is 13.6. The molecule has 2 aromatic heterocycles.